The summed E-state index contributed by atoms with van der Waals surface area (Å²) in [6.45, 7) is 7.35. The molecule has 1 atom stereocenters. The minimum atomic E-state index is 0.0107. The molecule has 0 spiro atoms. The van der Waals surface area contributed by atoms with Crippen molar-refractivity contribution < 1.29 is 18.6 Å². The number of rotatable bonds is 9. The van der Waals surface area contributed by atoms with Crippen LogP contribution in [0.5, 0.6) is 17.2 Å². The summed E-state index contributed by atoms with van der Waals surface area (Å²) < 4.78 is 22.0. The first-order chi connectivity index (χ1) is 13.5. The van der Waals surface area contributed by atoms with Crippen LogP contribution in [0, 0.1) is 6.92 Å². The van der Waals surface area contributed by atoms with Crippen LogP contribution in [0.25, 0.3) is 0 Å². The summed E-state index contributed by atoms with van der Waals surface area (Å²) >= 11 is 0. The van der Waals surface area contributed by atoms with Crippen molar-refractivity contribution in [2.24, 2.45) is 4.99 Å². The number of benzene rings is 1. The first-order valence-corrected chi connectivity index (χ1v) is 9.42. The average Bonchev–Trinajstić information content (AvgIpc) is 3.14. The van der Waals surface area contributed by atoms with Gasteiger partial charge in [0, 0.05) is 30.8 Å². The topological polar surface area (TPSA) is 77.3 Å². The molecule has 2 N–H and O–H groups in total. The number of hydrogen-bond donors (Lipinski definition) is 2. The van der Waals surface area contributed by atoms with Crippen LogP contribution in [-0.4, -0.2) is 40.4 Å². The second-order valence-corrected chi connectivity index (χ2v) is 6.34. The second kappa shape index (κ2) is 10.5. The molecule has 2 aromatic rings. The molecule has 0 aliphatic heterocycles. The number of nitrogens with zero attached hydrogens (tertiary/aromatic N) is 1. The Morgan fingerprint density at radius 2 is 1.79 bits per heavy atom. The molecule has 1 heterocycles. The van der Waals surface area contributed by atoms with E-state index in [0.29, 0.717) is 18.7 Å². The predicted octanol–water partition coefficient (Wildman–Crippen LogP) is 3.47. The largest absolute Gasteiger partial charge is 0.496 e. The van der Waals surface area contributed by atoms with Crippen LogP contribution in [0.1, 0.15) is 37.0 Å². The first-order valence-electron chi connectivity index (χ1n) is 9.42. The highest BCUT2D eigenvalue weighted by molar-refractivity contribution is 5.80. The lowest BCUT2D eigenvalue weighted by molar-refractivity contribution is 0.369. The zero-order valence-electron chi connectivity index (χ0n) is 17.6. The lowest BCUT2D eigenvalue weighted by Crippen LogP contribution is -2.38. The molecule has 0 bridgehead atoms. The third-order valence-electron chi connectivity index (χ3n) is 4.33. The molecule has 1 aromatic carbocycles. The molecular formula is C21H31N3O4. The second-order valence-electron chi connectivity index (χ2n) is 6.34. The molecule has 0 aliphatic carbocycles. The summed E-state index contributed by atoms with van der Waals surface area (Å²) in [5.74, 6) is 4.65. The molecule has 7 nitrogen and oxygen atoms in total. The maximum Gasteiger partial charge on any atom is 0.191 e. The van der Waals surface area contributed by atoms with Gasteiger partial charge < -0.3 is 29.3 Å². The van der Waals surface area contributed by atoms with Gasteiger partial charge in [0.1, 0.15) is 28.8 Å². The molecule has 0 radical (unpaired) electrons. The lowest BCUT2D eigenvalue weighted by atomic mass is 10.1. The molecule has 0 fully saturated rings. The molecule has 154 valence electrons. The Morgan fingerprint density at radius 3 is 2.29 bits per heavy atom. The monoisotopic (exact) mass is 389 g/mol. The van der Waals surface area contributed by atoms with Crippen molar-refractivity contribution in [1.82, 2.24) is 10.6 Å². The van der Waals surface area contributed by atoms with E-state index in [2.05, 4.69) is 15.6 Å². The van der Waals surface area contributed by atoms with Gasteiger partial charge in [-0.25, -0.2) is 0 Å². The van der Waals surface area contributed by atoms with Crippen LogP contribution in [0.4, 0.5) is 0 Å². The van der Waals surface area contributed by atoms with Gasteiger partial charge in [0.15, 0.2) is 5.96 Å². The quantitative estimate of drug-likeness (QED) is 0.505. The molecule has 7 heteroatoms. The van der Waals surface area contributed by atoms with Crippen molar-refractivity contribution in [1.29, 1.82) is 0 Å². The Labute approximate surface area is 167 Å². The SMILES string of the molecule is CCNC(=NCCc1c(OC)cc(OC)cc1OC)NC(C)c1ccc(C)o1. The van der Waals surface area contributed by atoms with Crippen LogP contribution in [0.15, 0.2) is 33.7 Å². The number of nitrogens with one attached hydrogen (secondary N) is 2. The van der Waals surface area contributed by atoms with Crippen LogP contribution < -0.4 is 24.8 Å². The van der Waals surface area contributed by atoms with Gasteiger partial charge in [-0.3, -0.25) is 4.99 Å². The fourth-order valence-corrected chi connectivity index (χ4v) is 2.89. The fourth-order valence-electron chi connectivity index (χ4n) is 2.89. The van der Waals surface area contributed by atoms with Gasteiger partial charge in [0.25, 0.3) is 0 Å². The fraction of sp³-hybridized carbons (Fsp3) is 0.476. The molecule has 0 amide bonds. The van der Waals surface area contributed by atoms with Gasteiger partial charge in [-0.05, 0) is 39.3 Å². The molecule has 2 rings (SSSR count). The average molecular weight is 389 g/mol. The Kier molecular flexibility index (Phi) is 8.04. The van der Waals surface area contributed by atoms with Crippen LogP contribution in [-0.2, 0) is 6.42 Å². The highest BCUT2D eigenvalue weighted by Gasteiger charge is 2.14. The van der Waals surface area contributed by atoms with E-state index in [1.807, 2.05) is 45.0 Å². The lowest BCUT2D eigenvalue weighted by Gasteiger charge is -2.17. The molecule has 0 saturated heterocycles. The van der Waals surface area contributed by atoms with Crippen molar-refractivity contribution in [2.45, 2.75) is 33.2 Å². The van der Waals surface area contributed by atoms with Gasteiger partial charge in [-0.2, -0.15) is 0 Å². The zero-order valence-corrected chi connectivity index (χ0v) is 17.6. The Hall–Kier alpha value is -2.83. The molecule has 0 aliphatic rings. The van der Waals surface area contributed by atoms with E-state index in [0.717, 1.165) is 41.1 Å². The first kappa shape index (κ1) is 21.5. The van der Waals surface area contributed by atoms with E-state index >= 15 is 0 Å². The van der Waals surface area contributed by atoms with Gasteiger partial charge in [0.2, 0.25) is 0 Å². The third kappa shape index (κ3) is 5.58. The van der Waals surface area contributed by atoms with E-state index in [9.17, 15) is 0 Å². The number of hydrogen-bond acceptors (Lipinski definition) is 5. The Balaban J connectivity index is 2.11. The Morgan fingerprint density at radius 1 is 1.11 bits per heavy atom. The minimum absolute atomic E-state index is 0.0107. The van der Waals surface area contributed by atoms with E-state index in [1.165, 1.54) is 0 Å². The van der Waals surface area contributed by atoms with E-state index in [1.54, 1.807) is 21.3 Å². The van der Waals surface area contributed by atoms with E-state index in [-0.39, 0.29) is 6.04 Å². The van der Waals surface area contributed by atoms with Crippen LogP contribution in [0.3, 0.4) is 0 Å². The summed E-state index contributed by atoms with van der Waals surface area (Å²) in [5, 5.41) is 6.64. The normalized spacial score (nSPS) is 12.4. The number of aliphatic imine (C=N–C) groups is 1. The molecular weight excluding hydrogens is 358 g/mol. The van der Waals surface area contributed by atoms with E-state index in [4.69, 9.17) is 18.6 Å². The summed E-state index contributed by atoms with van der Waals surface area (Å²) in [6, 6.07) is 7.65. The predicted molar refractivity (Wildman–Crippen MR) is 111 cm³/mol. The number of methoxy groups -OCH3 is 3. The van der Waals surface area contributed by atoms with Gasteiger partial charge >= 0.3 is 0 Å². The van der Waals surface area contributed by atoms with Crippen molar-refractivity contribution in [3.63, 3.8) is 0 Å². The van der Waals surface area contributed by atoms with Crippen molar-refractivity contribution in [3.8, 4) is 17.2 Å². The number of furan rings is 1. The van der Waals surface area contributed by atoms with Crippen LogP contribution >= 0.6 is 0 Å². The van der Waals surface area contributed by atoms with Crippen LogP contribution in [0.2, 0.25) is 0 Å². The van der Waals surface area contributed by atoms with Crippen molar-refractivity contribution >= 4 is 5.96 Å². The highest BCUT2D eigenvalue weighted by atomic mass is 16.5. The van der Waals surface area contributed by atoms with Crippen molar-refractivity contribution in [3.05, 3.63) is 41.3 Å². The maximum absolute atomic E-state index is 5.69. The molecule has 1 unspecified atom stereocenters. The molecule has 1 aromatic heterocycles. The molecule has 0 saturated carbocycles. The van der Waals surface area contributed by atoms with Crippen molar-refractivity contribution in [2.75, 3.05) is 34.4 Å². The van der Waals surface area contributed by atoms with E-state index < -0.39 is 0 Å². The summed E-state index contributed by atoms with van der Waals surface area (Å²) in [6.07, 6.45) is 0.668. The third-order valence-corrected chi connectivity index (χ3v) is 4.33. The zero-order chi connectivity index (χ0) is 20.5. The number of aryl methyl sites for hydroxylation is 1. The molecule has 28 heavy (non-hydrogen) atoms. The van der Waals surface area contributed by atoms with Gasteiger partial charge in [-0.15, -0.1) is 0 Å². The summed E-state index contributed by atoms with van der Waals surface area (Å²) in [4.78, 5) is 4.68. The summed E-state index contributed by atoms with van der Waals surface area (Å²) in [5.41, 5.74) is 0.958. The van der Waals surface area contributed by atoms with Gasteiger partial charge in [0.05, 0.1) is 27.4 Å². The number of ether oxygens (including phenoxy) is 3. The maximum atomic E-state index is 5.69. The van der Waals surface area contributed by atoms with Gasteiger partial charge in [-0.1, -0.05) is 0 Å². The number of guanidine groups is 1. The standard InChI is InChI=1S/C21H31N3O4/c1-7-22-21(24-15(3)18-9-8-14(2)28-18)23-11-10-17-19(26-5)12-16(25-4)13-20(17)27-6/h8-9,12-13,15H,7,10-11H2,1-6H3,(H2,22,23,24). The summed E-state index contributed by atoms with van der Waals surface area (Å²) in [7, 11) is 4.90. The highest BCUT2D eigenvalue weighted by Crippen LogP contribution is 2.34. The Bertz CT molecular complexity index is 761. The smallest absolute Gasteiger partial charge is 0.191 e. The minimum Gasteiger partial charge on any atom is -0.496 e.